The number of amides is 1. The van der Waals surface area contributed by atoms with Crippen LogP contribution in [0.1, 0.15) is 27.7 Å². The Labute approximate surface area is 94.8 Å². The van der Waals surface area contributed by atoms with Gasteiger partial charge < -0.3 is 0 Å². The second kappa shape index (κ2) is 7.02. The van der Waals surface area contributed by atoms with Gasteiger partial charge in [-0.1, -0.05) is 0 Å². The van der Waals surface area contributed by atoms with Crippen LogP contribution >= 0.6 is 0 Å². The second-order valence-corrected chi connectivity index (χ2v) is 3.77. The standard InChI is InChI=1S/C10H20N2OSe/c1-5-11(6-2)9(13)10(14)12(7-3)8-4/h5-8H2,1-4H3. The molecule has 3 nitrogen and oxygen atoms in total. The number of carbonyl (C=O) groups is 1. The van der Waals surface area contributed by atoms with Crippen molar-refractivity contribution in [3.63, 3.8) is 0 Å². The van der Waals surface area contributed by atoms with E-state index in [0.29, 0.717) is 0 Å². The molecule has 0 saturated heterocycles. The minimum atomic E-state index is 0.110. The first-order valence-electron chi connectivity index (χ1n) is 5.20. The first kappa shape index (κ1) is 13.7. The number of hydrogen-bond acceptors (Lipinski definition) is 2. The number of nitrogens with zero attached hydrogens (tertiary/aromatic N) is 2. The van der Waals surface area contributed by atoms with Crippen LogP contribution in [0.4, 0.5) is 0 Å². The summed E-state index contributed by atoms with van der Waals surface area (Å²) in [7, 11) is 0. The van der Waals surface area contributed by atoms with Crippen LogP contribution in [0, 0.1) is 0 Å². The van der Waals surface area contributed by atoms with E-state index in [1.54, 1.807) is 0 Å². The Morgan fingerprint density at radius 2 is 1.29 bits per heavy atom. The second-order valence-electron chi connectivity index (χ2n) is 2.95. The Hall–Kier alpha value is -0.341. The molecule has 0 atom stereocenters. The molecule has 0 aromatic carbocycles. The van der Waals surface area contributed by atoms with Gasteiger partial charge in [0.15, 0.2) is 0 Å². The summed E-state index contributed by atoms with van der Waals surface area (Å²) < 4.78 is 0.735. The summed E-state index contributed by atoms with van der Waals surface area (Å²) in [6.07, 6.45) is 0. The Morgan fingerprint density at radius 1 is 0.929 bits per heavy atom. The van der Waals surface area contributed by atoms with Crippen LogP contribution in [-0.4, -0.2) is 62.0 Å². The SMILES string of the molecule is CCN(CC)C(=O)C(=[Se])N(CC)CC. The first-order chi connectivity index (χ1) is 6.62. The average molecular weight is 263 g/mol. The third-order valence-corrected chi connectivity index (χ3v) is 3.19. The molecule has 0 aliphatic heterocycles. The van der Waals surface area contributed by atoms with Gasteiger partial charge in [0.2, 0.25) is 0 Å². The molecule has 0 aromatic heterocycles. The monoisotopic (exact) mass is 264 g/mol. The zero-order valence-electron chi connectivity index (χ0n) is 9.54. The van der Waals surface area contributed by atoms with Crippen molar-refractivity contribution in [3.05, 3.63) is 0 Å². The minimum absolute atomic E-state index is 0.110. The summed E-state index contributed by atoms with van der Waals surface area (Å²) in [6.45, 7) is 11.4. The van der Waals surface area contributed by atoms with Gasteiger partial charge in [0.1, 0.15) is 0 Å². The number of hydrogen-bond donors (Lipinski definition) is 0. The third kappa shape index (κ3) is 3.43. The molecule has 0 aliphatic rings. The Morgan fingerprint density at radius 3 is 1.57 bits per heavy atom. The predicted molar refractivity (Wildman–Crippen MR) is 61.6 cm³/mol. The molecule has 1 amide bonds. The Bertz CT molecular complexity index is 176. The van der Waals surface area contributed by atoms with Crippen LogP contribution in [0.25, 0.3) is 0 Å². The van der Waals surface area contributed by atoms with Gasteiger partial charge >= 0.3 is 94.5 Å². The maximum atomic E-state index is 11.9. The molecule has 0 unspecified atom stereocenters. The van der Waals surface area contributed by atoms with Crippen molar-refractivity contribution in [1.29, 1.82) is 0 Å². The van der Waals surface area contributed by atoms with Gasteiger partial charge in [0.25, 0.3) is 0 Å². The van der Waals surface area contributed by atoms with Crippen molar-refractivity contribution in [2.24, 2.45) is 0 Å². The van der Waals surface area contributed by atoms with Crippen molar-refractivity contribution in [3.8, 4) is 0 Å². The van der Waals surface area contributed by atoms with Gasteiger partial charge in [-0.25, -0.2) is 0 Å². The zero-order chi connectivity index (χ0) is 11.1. The van der Waals surface area contributed by atoms with E-state index in [1.807, 2.05) is 23.6 Å². The van der Waals surface area contributed by atoms with E-state index in [1.165, 1.54) is 0 Å². The fourth-order valence-electron chi connectivity index (χ4n) is 1.29. The van der Waals surface area contributed by atoms with Crippen molar-refractivity contribution in [1.82, 2.24) is 9.80 Å². The van der Waals surface area contributed by atoms with Crippen LogP contribution in [0.2, 0.25) is 0 Å². The molecule has 0 spiro atoms. The molecule has 0 bridgehead atoms. The molecule has 82 valence electrons. The van der Waals surface area contributed by atoms with Gasteiger partial charge in [-0.2, -0.15) is 0 Å². The zero-order valence-corrected chi connectivity index (χ0v) is 11.3. The van der Waals surface area contributed by atoms with Gasteiger partial charge in [0, 0.05) is 0 Å². The Balaban J connectivity index is 4.43. The number of carbonyl (C=O) groups excluding carboxylic acids is 1. The molecule has 0 aliphatic carbocycles. The van der Waals surface area contributed by atoms with Crippen LogP contribution in [0.15, 0.2) is 0 Å². The normalized spacial score (nSPS) is 9.71. The average Bonchev–Trinajstić information content (AvgIpc) is 2.21. The predicted octanol–water partition coefficient (Wildman–Crippen LogP) is 0.495. The molecule has 14 heavy (non-hydrogen) atoms. The maximum absolute atomic E-state index is 11.9. The Kier molecular flexibility index (Phi) is 6.85. The molecule has 4 heteroatoms. The van der Waals surface area contributed by atoms with Gasteiger partial charge in [-0.15, -0.1) is 0 Å². The summed E-state index contributed by atoms with van der Waals surface area (Å²) >= 11 is 2.88. The van der Waals surface area contributed by atoms with E-state index in [9.17, 15) is 4.79 Å². The van der Waals surface area contributed by atoms with E-state index in [4.69, 9.17) is 0 Å². The summed E-state index contributed by atoms with van der Waals surface area (Å²) in [5.41, 5.74) is 0. The van der Waals surface area contributed by atoms with Gasteiger partial charge in [-0.3, -0.25) is 0 Å². The molecule has 0 rings (SSSR count). The molecule has 0 N–H and O–H groups in total. The van der Waals surface area contributed by atoms with Crippen molar-refractivity contribution >= 4 is 26.0 Å². The van der Waals surface area contributed by atoms with Crippen LogP contribution < -0.4 is 0 Å². The summed E-state index contributed by atoms with van der Waals surface area (Å²) in [5, 5.41) is 0. The van der Waals surface area contributed by atoms with Crippen molar-refractivity contribution in [2.75, 3.05) is 26.2 Å². The van der Waals surface area contributed by atoms with E-state index < -0.39 is 0 Å². The quantitative estimate of drug-likeness (QED) is 0.651. The number of rotatable bonds is 6. The topological polar surface area (TPSA) is 23.6 Å². The van der Waals surface area contributed by atoms with Crippen LogP contribution in [0.5, 0.6) is 0 Å². The van der Waals surface area contributed by atoms with Crippen molar-refractivity contribution in [2.45, 2.75) is 27.7 Å². The molecule has 0 saturated carbocycles. The van der Waals surface area contributed by atoms with Crippen LogP contribution in [0.3, 0.4) is 0 Å². The van der Waals surface area contributed by atoms with E-state index in [0.717, 1.165) is 30.7 Å². The van der Waals surface area contributed by atoms with Gasteiger partial charge in [-0.05, 0) is 0 Å². The molecular weight excluding hydrogens is 243 g/mol. The molecule has 0 radical (unpaired) electrons. The molecule has 0 fully saturated rings. The van der Waals surface area contributed by atoms with Crippen molar-refractivity contribution < 1.29 is 4.79 Å². The summed E-state index contributed by atoms with van der Waals surface area (Å²) in [4.78, 5) is 15.7. The number of likely N-dealkylation sites (N-methyl/N-ethyl adjacent to an activating group) is 2. The van der Waals surface area contributed by atoms with E-state index >= 15 is 0 Å². The summed E-state index contributed by atoms with van der Waals surface area (Å²) in [6, 6.07) is 0. The van der Waals surface area contributed by atoms with E-state index in [-0.39, 0.29) is 5.91 Å². The fraction of sp³-hybridized carbons (Fsp3) is 0.800. The summed E-state index contributed by atoms with van der Waals surface area (Å²) in [5.74, 6) is 0.110. The van der Waals surface area contributed by atoms with E-state index in [2.05, 4.69) is 29.4 Å². The van der Waals surface area contributed by atoms with Gasteiger partial charge in [0.05, 0.1) is 0 Å². The fourth-order valence-corrected chi connectivity index (χ4v) is 2.10. The first-order valence-corrected chi connectivity index (χ1v) is 6.06. The molecular formula is C10H20N2OSe. The molecule has 0 aromatic rings. The molecule has 0 heterocycles. The van der Waals surface area contributed by atoms with Crippen LogP contribution in [-0.2, 0) is 4.79 Å². The third-order valence-electron chi connectivity index (χ3n) is 2.28.